The second-order valence-electron chi connectivity index (χ2n) is 6.75. The summed E-state index contributed by atoms with van der Waals surface area (Å²) in [5.41, 5.74) is 0.753. The highest BCUT2D eigenvalue weighted by molar-refractivity contribution is 7.90. The van der Waals surface area contributed by atoms with Crippen molar-refractivity contribution in [2.45, 2.75) is 48.1 Å². The predicted molar refractivity (Wildman–Crippen MR) is 106 cm³/mol. The van der Waals surface area contributed by atoms with Gasteiger partial charge in [0.05, 0.1) is 16.9 Å². The van der Waals surface area contributed by atoms with Crippen molar-refractivity contribution >= 4 is 20.0 Å². The van der Waals surface area contributed by atoms with Crippen LogP contribution >= 0.6 is 0 Å². The number of methoxy groups -OCH3 is 1. The first-order valence-corrected chi connectivity index (χ1v) is 12.0. The van der Waals surface area contributed by atoms with Crippen molar-refractivity contribution in [2.75, 3.05) is 7.11 Å². The Bertz CT molecular complexity index is 1010. The van der Waals surface area contributed by atoms with Crippen LogP contribution in [0, 0.1) is 0 Å². The second-order valence-corrected chi connectivity index (χ2v) is 10.2. The molecule has 9 heteroatoms. The van der Waals surface area contributed by atoms with Gasteiger partial charge >= 0.3 is 0 Å². The molecule has 0 radical (unpaired) electrons. The van der Waals surface area contributed by atoms with Crippen molar-refractivity contribution in [3.8, 4) is 5.75 Å². The van der Waals surface area contributed by atoms with Gasteiger partial charge in [0.1, 0.15) is 5.75 Å². The first-order chi connectivity index (χ1) is 13.3. The van der Waals surface area contributed by atoms with Gasteiger partial charge in [0.2, 0.25) is 20.0 Å². The molecule has 0 heterocycles. The number of rotatable bonds is 8. The van der Waals surface area contributed by atoms with Gasteiger partial charge in [-0.05, 0) is 54.8 Å². The van der Waals surface area contributed by atoms with E-state index in [2.05, 4.69) is 9.44 Å². The van der Waals surface area contributed by atoms with Crippen molar-refractivity contribution in [2.24, 2.45) is 0 Å². The van der Waals surface area contributed by atoms with Crippen molar-refractivity contribution in [1.82, 2.24) is 9.44 Å². The van der Waals surface area contributed by atoms with Gasteiger partial charge in [0.15, 0.2) is 0 Å². The van der Waals surface area contributed by atoms with E-state index >= 15 is 0 Å². The Kier molecular flexibility index (Phi) is 6.39. The molecule has 1 fully saturated rings. The lowest BCUT2D eigenvalue weighted by atomic mass is 10.2. The fourth-order valence-corrected chi connectivity index (χ4v) is 5.50. The van der Waals surface area contributed by atoms with E-state index in [1.807, 2.05) is 0 Å². The lowest BCUT2D eigenvalue weighted by molar-refractivity contribution is 0.414. The van der Waals surface area contributed by atoms with E-state index in [-0.39, 0.29) is 22.4 Å². The summed E-state index contributed by atoms with van der Waals surface area (Å²) in [6.45, 7) is 0.100. The number of ether oxygens (including phenoxy) is 1. The molecular formula is C19H24N2O5S2. The molecule has 1 aliphatic rings. The molecule has 2 aromatic rings. The van der Waals surface area contributed by atoms with Gasteiger partial charge in [-0.1, -0.05) is 25.0 Å². The fraction of sp³-hybridized carbons (Fsp3) is 0.368. The van der Waals surface area contributed by atoms with Crippen molar-refractivity contribution < 1.29 is 21.6 Å². The van der Waals surface area contributed by atoms with Crippen LogP contribution in [-0.2, 0) is 26.6 Å². The van der Waals surface area contributed by atoms with Gasteiger partial charge in [-0.3, -0.25) is 0 Å². The lowest BCUT2D eigenvalue weighted by Gasteiger charge is -2.13. The summed E-state index contributed by atoms with van der Waals surface area (Å²) in [5, 5.41) is 0. The summed E-state index contributed by atoms with van der Waals surface area (Å²) < 4.78 is 60.2. The van der Waals surface area contributed by atoms with Crippen LogP contribution in [-0.4, -0.2) is 30.0 Å². The lowest BCUT2D eigenvalue weighted by Crippen LogP contribution is -2.32. The van der Waals surface area contributed by atoms with Crippen LogP contribution in [0.1, 0.15) is 31.2 Å². The minimum absolute atomic E-state index is 0.00946. The first kappa shape index (κ1) is 20.8. The molecule has 1 saturated carbocycles. The van der Waals surface area contributed by atoms with E-state index in [1.54, 1.807) is 31.4 Å². The van der Waals surface area contributed by atoms with Crippen molar-refractivity contribution in [3.63, 3.8) is 0 Å². The summed E-state index contributed by atoms with van der Waals surface area (Å²) in [5.74, 6) is 0.640. The topological polar surface area (TPSA) is 102 Å². The molecule has 0 atom stereocenters. The molecule has 3 rings (SSSR count). The standard InChI is InChI=1S/C19H24N2O5S2/c1-26-17-8-4-5-15(13-17)14-20-27(22,23)18-9-11-19(12-10-18)28(24,25)21-16-6-2-3-7-16/h4-5,8-13,16,20-21H,2-3,6-7,14H2,1H3. The molecular weight excluding hydrogens is 400 g/mol. The van der Waals surface area contributed by atoms with Crippen molar-refractivity contribution in [1.29, 1.82) is 0 Å². The normalized spacial score (nSPS) is 15.6. The molecule has 0 bridgehead atoms. The van der Waals surface area contributed by atoms with E-state index in [0.717, 1.165) is 31.2 Å². The summed E-state index contributed by atoms with van der Waals surface area (Å²) in [4.78, 5) is 0.0707. The molecule has 0 aromatic heterocycles. The molecule has 0 saturated heterocycles. The van der Waals surface area contributed by atoms with E-state index in [4.69, 9.17) is 4.74 Å². The first-order valence-electron chi connectivity index (χ1n) is 9.05. The Morgan fingerprint density at radius 1 is 0.929 bits per heavy atom. The molecule has 0 spiro atoms. The summed E-state index contributed by atoms with van der Waals surface area (Å²) in [6, 6.07) is 12.3. The van der Waals surface area contributed by atoms with Crippen LogP contribution in [0.3, 0.4) is 0 Å². The molecule has 2 aromatic carbocycles. The minimum atomic E-state index is -3.77. The Balaban J connectivity index is 1.68. The Labute approximate surface area is 166 Å². The smallest absolute Gasteiger partial charge is 0.240 e. The summed E-state index contributed by atoms with van der Waals surface area (Å²) in [7, 11) is -5.87. The number of nitrogens with one attached hydrogen (secondary N) is 2. The van der Waals surface area contributed by atoms with Gasteiger partial charge in [0.25, 0.3) is 0 Å². The molecule has 152 valence electrons. The van der Waals surface area contributed by atoms with E-state index in [1.165, 1.54) is 24.3 Å². The quantitative estimate of drug-likeness (QED) is 0.678. The number of hydrogen-bond acceptors (Lipinski definition) is 5. The Hall–Kier alpha value is -1.94. The van der Waals surface area contributed by atoms with Crippen LogP contribution in [0.4, 0.5) is 0 Å². The van der Waals surface area contributed by atoms with Gasteiger partial charge in [-0.25, -0.2) is 26.3 Å². The molecule has 1 aliphatic carbocycles. The van der Waals surface area contributed by atoms with Gasteiger partial charge in [-0.15, -0.1) is 0 Å². The van der Waals surface area contributed by atoms with E-state index in [9.17, 15) is 16.8 Å². The highest BCUT2D eigenvalue weighted by atomic mass is 32.2. The number of benzene rings is 2. The molecule has 0 amide bonds. The van der Waals surface area contributed by atoms with E-state index in [0.29, 0.717) is 5.75 Å². The largest absolute Gasteiger partial charge is 0.497 e. The van der Waals surface area contributed by atoms with Gasteiger partial charge in [0, 0.05) is 12.6 Å². The Morgan fingerprint density at radius 3 is 2.14 bits per heavy atom. The third-order valence-electron chi connectivity index (χ3n) is 4.72. The number of hydrogen-bond donors (Lipinski definition) is 2. The van der Waals surface area contributed by atoms with Crippen LogP contribution in [0.2, 0.25) is 0 Å². The highest BCUT2D eigenvalue weighted by Crippen LogP contribution is 2.21. The molecule has 28 heavy (non-hydrogen) atoms. The SMILES string of the molecule is COc1cccc(CNS(=O)(=O)c2ccc(S(=O)(=O)NC3CCCC3)cc2)c1. The van der Waals surface area contributed by atoms with Crippen LogP contribution in [0.25, 0.3) is 0 Å². The molecule has 0 aliphatic heterocycles. The minimum Gasteiger partial charge on any atom is -0.497 e. The van der Waals surface area contributed by atoms with Gasteiger partial charge < -0.3 is 4.74 Å². The summed E-state index contributed by atoms with van der Waals surface area (Å²) >= 11 is 0. The molecule has 2 N–H and O–H groups in total. The number of sulfonamides is 2. The van der Waals surface area contributed by atoms with Crippen LogP contribution < -0.4 is 14.2 Å². The zero-order valence-corrected chi connectivity index (χ0v) is 17.2. The average Bonchev–Trinajstić information content (AvgIpc) is 3.19. The summed E-state index contributed by atoms with van der Waals surface area (Å²) in [6.07, 6.45) is 3.70. The maximum Gasteiger partial charge on any atom is 0.240 e. The maximum atomic E-state index is 12.5. The monoisotopic (exact) mass is 424 g/mol. The maximum absolute atomic E-state index is 12.5. The van der Waals surface area contributed by atoms with Crippen molar-refractivity contribution in [3.05, 3.63) is 54.1 Å². The molecule has 0 unspecified atom stereocenters. The van der Waals surface area contributed by atoms with E-state index < -0.39 is 20.0 Å². The zero-order chi connectivity index (χ0) is 20.2. The Morgan fingerprint density at radius 2 is 1.54 bits per heavy atom. The zero-order valence-electron chi connectivity index (χ0n) is 15.6. The second kappa shape index (κ2) is 8.60. The molecule has 7 nitrogen and oxygen atoms in total. The van der Waals surface area contributed by atoms with Gasteiger partial charge in [-0.2, -0.15) is 0 Å². The van der Waals surface area contributed by atoms with Crippen LogP contribution in [0.5, 0.6) is 5.75 Å². The van der Waals surface area contributed by atoms with Crippen LogP contribution in [0.15, 0.2) is 58.3 Å². The third kappa shape index (κ3) is 5.11. The fourth-order valence-electron chi connectivity index (χ4n) is 3.17. The predicted octanol–water partition coefficient (Wildman–Crippen LogP) is 2.39. The third-order valence-corrected chi connectivity index (χ3v) is 7.68. The highest BCUT2D eigenvalue weighted by Gasteiger charge is 2.23. The average molecular weight is 425 g/mol.